The Morgan fingerprint density at radius 2 is 1.93 bits per heavy atom. The average molecular weight is 442 g/mol. The van der Waals surface area contributed by atoms with E-state index in [0.717, 1.165) is 5.56 Å². The summed E-state index contributed by atoms with van der Waals surface area (Å²) in [5.74, 6) is 1.36. The molecule has 28 heavy (non-hydrogen) atoms. The van der Waals surface area contributed by atoms with Gasteiger partial charge in [0.2, 0.25) is 5.91 Å². The van der Waals surface area contributed by atoms with Gasteiger partial charge in [-0.3, -0.25) is 15.6 Å². The number of halogens is 2. The molecule has 0 aromatic heterocycles. The van der Waals surface area contributed by atoms with Crippen molar-refractivity contribution in [3.8, 4) is 11.5 Å². The summed E-state index contributed by atoms with van der Waals surface area (Å²) in [5, 5.41) is 3.53. The minimum atomic E-state index is -0.389. The van der Waals surface area contributed by atoms with Crippen LogP contribution < -0.4 is 25.6 Å². The predicted molar refractivity (Wildman–Crippen MR) is 113 cm³/mol. The fourth-order valence-corrected chi connectivity index (χ4v) is 3.65. The van der Waals surface area contributed by atoms with Crippen molar-refractivity contribution in [3.63, 3.8) is 0 Å². The van der Waals surface area contributed by atoms with Crippen molar-refractivity contribution in [1.82, 2.24) is 10.9 Å². The first-order chi connectivity index (χ1) is 13.5. The van der Waals surface area contributed by atoms with Crippen LogP contribution in [0, 0.1) is 5.82 Å². The van der Waals surface area contributed by atoms with Crippen LogP contribution >= 0.6 is 35.6 Å². The fraction of sp³-hybridized carbons (Fsp3) is 0.222. The Morgan fingerprint density at radius 3 is 2.71 bits per heavy atom. The second-order valence-corrected chi connectivity index (χ2v) is 7.52. The normalized spacial score (nSPS) is 12.2. The van der Waals surface area contributed by atoms with E-state index >= 15 is 0 Å². The van der Waals surface area contributed by atoms with Crippen LogP contribution in [0.3, 0.4) is 0 Å². The van der Waals surface area contributed by atoms with Gasteiger partial charge in [0.05, 0.1) is 5.75 Å². The Morgan fingerprint density at radius 1 is 1.14 bits per heavy atom. The van der Waals surface area contributed by atoms with E-state index in [4.69, 9.17) is 33.3 Å². The highest BCUT2D eigenvalue weighted by Gasteiger charge is 2.12. The maximum Gasteiger partial charge on any atom is 0.248 e. The first kappa shape index (κ1) is 20.5. The second kappa shape index (κ2) is 9.81. The van der Waals surface area contributed by atoms with Gasteiger partial charge < -0.3 is 14.8 Å². The highest BCUT2D eigenvalue weighted by Crippen LogP contribution is 2.32. The number of fused-ring (bicyclic) bond motifs is 1. The molecule has 3 N–H and O–H groups in total. The van der Waals surface area contributed by atoms with Crippen molar-refractivity contribution in [3.05, 3.63) is 52.8 Å². The zero-order valence-electron chi connectivity index (χ0n) is 14.6. The summed E-state index contributed by atoms with van der Waals surface area (Å²) in [5.41, 5.74) is 6.62. The molecule has 1 amide bonds. The zero-order chi connectivity index (χ0) is 19.9. The van der Waals surface area contributed by atoms with E-state index in [0.29, 0.717) is 41.2 Å². The van der Waals surface area contributed by atoms with Gasteiger partial charge >= 0.3 is 0 Å². The number of hydrogen-bond donors (Lipinski definition) is 3. The van der Waals surface area contributed by atoms with Gasteiger partial charge in [-0.15, -0.1) is 11.8 Å². The number of hydrazine groups is 1. The molecule has 1 aliphatic rings. The van der Waals surface area contributed by atoms with Gasteiger partial charge in [0, 0.05) is 22.5 Å². The highest BCUT2D eigenvalue weighted by atomic mass is 35.5. The van der Waals surface area contributed by atoms with Gasteiger partial charge in [-0.1, -0.05) is 17.7 Å². The average Bonchev–Trinajstić information content (AvgIpc) is 2.68. The molecule has 0 bridgehead atoms. The van der Waals surface area contributed by atoms with Crippen LogP contribution in [-0.2, 0) is 10.5 Å². The number of carbonyl (C=O) groups excluding carboxylic acids is 1. The number of carbonyl (C=O) groups is 1. The summed E-state index contributed by atoms with van der Waals surface area (Å²) in [4.78, 5) is 11.9. The van der Waals surface area contributed by atoms with Crippen molar-refractivity contribution < 1.29 is 18.7 Å². The van der Waals surface area contributed by atoms with Crippen LogP contribution in [0.25, 0.3) is 0 Å². The number of thiocarbonyl (C=S) groups is 1. The fourth-order valence-electron chi connectivity index (χ4n) is 2.34. The lowest BCUT2D eigenvalue weighted by molar-refractivity contribution is -0.119. The molecule has 0 aliphatic carbocycles. The van der Waals surface area contributed by atoms with E-state index < -0.39 is 0 Å². The standard InChI is InChI=1S/C18H17ClFN3O3S2/c19-14-7-12(20)2-1-11(14)9-28-10-17(24)22-23-18(27)21-13-3-4-15-16(8-13)26-6-5-25-15/h1-4,7-8H,5-6,9-10H2,(H,22,24)(H2,21,23,27). The maximum atomic E-state index is 13.0. The van der Waals surface area contributed by atoms with Crippen molar-refractivity contribution in [1.29, 1.82) is 0 Å². The van der Waals surface area contributed by atoms with Gasteiger partial charge in [0.25, 0.3) is 0 Å². The maximum absolute atomic E-state index is 13.0. The third-order valence-corrected chi connectivity index (χ3v) is 5.16. The number of thioether (sulfide) groups is 1. The van der Waals surface area contributed by atoms with Crippen LogP contribution in [0.1, 0.15) is 5.56 Å². The Labute approximate surface area is 176 Å². The third-order valence-electron chi connectivity index (χ3n) is 3.62. The molecular weight excluding hydrogens is 425 g/mol. The van der Waals surface area contributed by atoms with Crippen LogP contribution in [0.5, 0.6) is 11.5 Å². The number of amides is 1. The first-order valence-corrected chi connectivity index (χ1v) is 10.2. The molecule has 2 aromatic carbocycles. The van der Waals surface area contributed by atoms with Crippen LogP contribution in [-0.4, -0.2) is 30.0 Å². The Hall–Kier alpha value is -2.23. The molecule has 0 atom stereocenters. The molecule has 0 fully saturated rings. The number of benzene rings is 2. The van der Waals surface area contributed by atoms with E-state index in [1.54, 1.807) is 24.3 Å². The number of rotatable bonds is 5. The lowest BCUT2D eigenvalue weighted by atomic mass is 10.2. The van der Waals surface area contributed by atoms with Gasteiger partial charge in [-0.2, -0.15) is 0 Å². The summed E-state index contributed by atoms with van der Waals surface area (Å²) >= 11 is 12.5. The van der Waals surface area contributed by atoms with Gasteiger partial charge in [-0.05, 0) is 42.0 Å². The molecule has 0 spiro atoms. The Balaban J connectivity index is 1.38. The molecule has 10 heteroatoms. The summed E-state index contributed by atoms with van der Waals surface area (Å²) < 4.78 is 24.0. The number of ether oxygens (including phenoxy) is 2. The molecule has 2 aromatic rings. The first-order valence-electron chi connectivity index (χ1n) is 8.28. The zero-order valence-corrected chi connectivity index (χ0v) is 17.0. The molecule has 0 saturated heterocycles. The SMILES string of the molecule is O=C(CSCc1ccc(F)cc1Cl)NNC(=S)Nc1ccc2c(c1)OCCO2. The van der Waals surface area contributed by atoms with Gasteiger partial charge in [-0.25, -0.2) is 4.39 Å². The molecule has 6 nitrogen and oxygen atoms in total. The van der Waals surface area contributed by atoms with E-state index in [2.05, 4.69) is 16.2 Å². The summed E-state index contributed by atoms with van der Waals surface area (Å²) in [6.07, 6.45) is 0. The number of anilines is 1. The molecule has 0 radical (unpaired) electrons. The lowest BCUT2D eigenvalue weighted by Crippen LogP contribution is -2.44. The smallest absolute Gasteiger partial charge is 0.248 e. The molecule has 0 unspecified atom stereocenters. The molecule has 148 valence electrons. The van der Waals surface area contributed by atoms with Crippen molar-refractivity contribution in [2.45, 2.75) is 5.75 Å². The van der Waals surface area contributed by atoms with Crippen molar-refractivity contribution >= 4 is 52.3 Å². The van der Waals surface area contributed by atoms with Crippen LogP contribution in [0.15, 0.2) is 36.4 Å². The van der Waals surface area contributed by atoms with E-state index in [-0.39, 0.29) is 22.6 Å². The minimum absolute atomic E-state index is 0.188. The van der Waals surface area contributed by atoms with Crippen molar-refractivity contribution in [2.75, 3.05) is 24.3 Å². The summed E-state index contributed by atoms with van der Waals surface area (Å²) in [6.45, 7) is 1.02. The van der Waals surface area contributed by atoms with E-state index in [9.17, 15) is 9.18 Å². The lowest BCUT2D eigenvalue weighted by Gasteiger charge is -2.19. The molecular formula is C18H17ClFN3O3S2. The highest BCUT2D eigenvalue weighted by molar-refractivity contribution is 7.99. The summed E-state index contributed by atoms with van der Waals surface area (Å²) in [7, 11) is 0. The molecule has 1 heterocycles. The number of nitrogens with one attached hydrogen (secondary N) is 3. The molecule has 0 saturated carbocycles. The third kappa shape index (κ3) is 5.88. The molecule has 1 aliphatic heterocycles. The van der Waals surface area contributed by atoms with Gasteiger partial charge in [0.1, 0.15) is 19.0 Å². The largest absolute Gasteiger partial charge is 0.486 e. The van der Waals surface area contributed by atoms with E-state index in [1.807, 2.05) is 0 Å². The molecule has 3 rings (SSSR count). The van der Waals surface area contributed by atoms with Crippen LogP contribution in [0.2, 0.25) is 5.02 Å². The monoisotopic (exact) mass is 441 g/mol. The quantitative estimate of drug-likeness (QED) is 0.484. The van der Waals surface area contributed by atoms with Crippen LogP contribution in [0.4, 0.5) is 10.1 Å². The predicted octanol–water partition coefficient (Wildman–Crippen LogP) is 3.50. The topological polar surface area (TPSA) is 71.6 Å². The number of hydrogen-bond acceptors (Lipinski definition) is 5. The summed E-state index contributed by atoms with van der Waals surface area (Å²) in [6, 6.07) is 9.55. The Kier molecular flexibility index (Phi) is 7.18. The van der Waals surface area contributed by atoms with E-state index in [1.165, 1.54) is 23.9 Å². The minimum Gasteiger partial charge on any atom is -0.486 e. The second-order valence-electron chi connectivity index (χ2n) is 5.71. The van der Waals surface area contributed by atoms with Crippen molar-refractivity contribution in [2.24, 2.45) is 0 Å². The van der Waals surface area contributed by atoms with Gasteiger partial charge in [0.15, 0.2) is 16.6 Å². The Bertz CT molecular complexity index is 885.